The lowest BCUT2D eigenvalue weighted by Gasteiger charge is -2.11. The van der Waals surface area contributed by atoms with E-state index in [9.17, 15) is 8.42 Å². The van der Waals surface area contributed by atoms with Crippen LogP contribution in [0.4, 0.5) is 11.5 Å². The van der Waals surface area contributed by atoms with Gasteiger partial charge in [0.1, 0.15) is 5.82 Å². The minimum atomic E-state index is -3.62. The summed E-state index contributed by atoms with van der Waals surface area (Å²) < 4.78 is 32.4. The molecule has 0 unspecified atom stereocenters. The van der Waals surface area contributed by atoms with Gasteiger partial charge in [-0.15, -0.1) is 0 Å². The summed E-state index contributed by atoms with van der Waals surface area (Å²) >= 11 is 0. The van der Waals surface area contributed by atoms with Crippen molar-refractivity contribution in [2.75, 3.05) is 30.3 Å². The number of methoxy groups -OCH3 is 1. The van der Waals surface area contributed by atoms with Crippen molar-refractivity contribution in [3.8, 4) is 0 Å². The Morgan fingerprint density at radius 2 is 1.96 bits per heavy atom. The predicted octanol–water partition coefficient (Wildman–Crippen LogP) is 2.56. The Balaban J connectivity index is 2.11. The average molecular weight is 335 g/mol. The van der Waals surface area contributed by atoms with Crippen LogP contribution < -0.4 is 10.0 Å². The van der Waals surface area contributed by atoms with E-state index in [0.29, 0.717) is 30.2 Å². The SMILES string of the molecule is COCCNc1ccc(NS(=O)(=O)c2ccc(C)cc2C)cn1. The minimum absolute atomic E-state index is 0.269. The number of pyridine rings is 1. The largest absolute Gasteiger partial charge is 0.383 e. The highest BCUT2D eigenvalue weighted by atomic mass is 32.2. The van der Waals surface area contributed by atoms with Gasteiger partial charge < -0.3 is 10.1 Å². The molecule has 1 aromatic carbocycles. The van der Waals surface area contributed by atoms with Crippen molar-refractivity contribution >= 4 is 21.5 Å². The summed E-state index contributed by atoms with van der Waals surface area (Å²) in [5.74, 6) is 0.663. The molecule has 1 aromatic heterocycles. The first-order valence-electron chi connectivity index (χ1n) is 7.21. The number of nitrogens with one attached hydrogen (secondary N) is 2. The lowest BCUT2D eigenvalue weighted by Crippen LogP contribution is -2.15. The molecule has 0 fully saturated rings. The standard InChI is InChI=1S/C16H21N3O3S/c1-12-4-6-15(13(2)10-12)23(20,21)19-14-5-7-16(18-11-14)17-8-9-22-3/h4-7,10-11,19H,8-9H2,1-3H3,(H,17,18). The monoisotopic (exact) mass is 335 g/mol. The maximum absolute atomic E-state index is 12.5. The van der Waals surface area contributed by atoms with Crippen LogP contribution in [-0.4, -0.2) is 33.7 Å². The second-order valence-corrected chi connectivity index (χ2v) is 6.88. The molecular formula is C16H21N3O3S. The van der Waals surface area contributed by atoms with Gasteiger partial charge in [-0.1, -0.05) is 17.7 Å². The lowest BCUT2D eigenvalue weighted by molar-refractivity contribution is 0.210. The topological polar surface area (TPSA) is 80.3 Å². The van der Waals surface area contributed by atoms with Crippen molar-refractivity contribution in [1.29, 1.82) is 0 Å². The lowest BCUT2D eigenvalue weighted by atomic mass is 10.2. The number of benzene rings is 1. The summed E-state index contributed by atoms with van der Waals surface area (Å²) in [5, 5.41) is 3.07. The highest BCUT2D eigenvalue weighted by Gasteiger charge is 2.16. The first-order valence-corrected chi connectivity index (χ1v) is 8.69. The molecule has 0 saturated carbocycles. The van der Waals surface area contributed by atoms with Gasteiger partial charge >= 0.3 is 0 Å². The molecule has 2 N–H and O–H groups in total. The molecule has 0 aliphatic carbocycles. The van der Waals surface area contributed by atoms with Crippen molar-refractivity contribution in [3.63, 3.8) is 0 Å². The molecule has 7 heteroatoms. The van der Waals surface area contributed by atoms with Crippen molar-refractivity contribution in [1.82, 2.24) is 4.98 Å². The van der Waals surface area contributed by atoms with Crippen LogP contribution in [0.3, 0.4) is 0 Å². The number of sulfonamides is 1. The van der Waals surface area contributed by atoms with Crippen LogP contribution in [0.5, 0.6) is 0 Å². The molecule has 0 radical (unpaired) electrons. The molecule has 124 valence electrons. The Labute approximate surface area is 137 Å². The summed E-state index contributed by atoms with van der Waals surface area (Å²) in [6.07, 6.45) is 1.48. The van der Waals surface area contributed by atoms with Crippen molar-refractivity contribution in [2.24, 2.45) is 0 Å². The molecule has 0 atom stereocenters. The molecule has 23 heavy (non-hydrogen) atoms. The fraction of sp³-hybridized carbons (Fsp3) is 0.312. The third-order valence-corrected chi connectivity index (χ3v) is 4.79. The van der Waals surface area contributed by atoms with Crippen LogP contribution >= 0.6 is 0 Å². The molecule has 1 heterocycles. The zero-order valence-electron chi connectivity index (χ0n) is 13.5. The van der Waals surface area contributed by atoms with Gasteiger partial charge in [-0.2, -0.15) is 0 Å². The van der Waals surface area contributed by atoms with E-state index in [1.165, 1.54) is 6.20 Å². The number of aryl methyl sites for hydroxylation is 2. The van der Waals surface area contributed by atoms with Gasteiger partial charge in [0.15, 0.2) is 0 Å². The molecule has 0 saturated heterocycles. The van der Waals surface area contributed by atoms with E-state index < -0.39 is 10.0 Å². The summed E-state index contributed by atoms with van der Waals surface area (Å²) in [7, 11) is -2.00. The molecular weight excluding hydrogens is 314 g/mol. The summed E-state index contributed by atoms with van der Waals surface area (Å²) in [5.41, 5.74) is 2.15. The zero-order valence-corrected chi connectivity index (χ0v) is 14.3. The maximum atomic E-state index is 12.5. The van der Waals surface area contributed by atoms with Crippen molar-refractivity contribution < 1.29 is 13.2 Å². The molecule has 2 rings (SSSR count). The fourth-order valence-corrected chi connectivity index (χ4v) is 3.42. The summed E-state index contributed by atoms with van der Waals surface area (Å²) in [6, 6.07) is 8.62. The minimum Gasteiger partial charge on any atom is -0.383 e. The predicted molar refractivity (Wildman–Crippen MR) is 91.3 cm³/mol. The van der Waals surface area contributed by atoms with Crippen LogP contribution in [0.2, 0.25) is 0 Å². The number of hydrogen-bond acceptors (Lipinski definition) is 5. The van der Waals surface area contributed by atoms with Crippen molar-refractivity contribution in [2.45, 2.75) is 18.7 Å². The summed E-state index contributed by atoms with van der Waals surface area (Å²) in [6.45, 7) is 4.92. The maximum Gasteiger partial charge on any atom is 0.262 e. The Bertz CT molecular complexity index is 759. The van der Waals surface area contributed by atoms with Gasteiger partial charge in [0.25, 0.3) is 10.0 Å². The van der Waals surface area contributed by atoms with Crippen LogP contribution in [0, 0.1) is 13.8 Å². The second kappa shape index (κ2) is 7.43. The number of hydrogen-bond donors (Lipinski definition) is 2. The van der Waals surface area contributed by atoms with E-state index in [0.717, 1.165) is 5.56 Å². The Morgan fingerprint density at radius 3 is 2.57 bits per heavy atom. The number of ether oxygens (including phenoxy) is 1. The van der Waals surface area contributed by atoms with Crippen LogP contribution in [0.25, 0.3) is 0 Å². The van der Waals surface area contributed by atoms with Gasteiger partial charge in [-0.3, -0.25) is 4.72 Å². The first kappa shape index (κ1) is 17.2. The van der Waals surface area contributed by atoms with E-state index >= 15 is 0 Å². The normalized spacial score (nSPS) is 11.3. The molecule has 0 amide bonds. The number of aromatic nitrogens is 1. The first-order chi connectivity index (χ1) is 10.9. The second-order valence-electron chi connectivity index (χ2n) is 5.23. The van der Waals surface area contributed by atoms with Gasteiger partial charge in [-0.05, 0) is 37.6 Å². The Kier molecular flexibility index (Phi) is 5.57. The highest BCUT2D eigenvalue weighted by Crippen LogP contribution is 2.20. The zero-order chi connectivity index (χ0) is 16.9. The molecule has 0 bridgehead atoms. The number of rotatable bonds is 7. The molecule has 0 aliphatic heterocycles. The fourth-order valence-electron chi connectivity index (χ4n) is 2.15. The van der Waals surface area contributed by atoms with E-state index in [1.807, 2.05) is 13.0 Å². The average Bonchev–Trinajstić information content (AvgIpc) is 2.48. The van der Waals surface area contributed by atoms with Gasteiger partial charge in [0, 0.05) is 13.7 Å². The van der Waals surface area contributed by atoms with Gasteiger partial charge in [0.2, 0.25) is 0 Å². The Hall–Kier alpha value is -2.12. The third-order valence-electron chi connectivity index (χ3n) is 3.25. The highest BCUT2D eigenvalue weighted by molar-refractivity contribution is 7.92. The molecule has 0 aliphatic rings. The quantitative estimate of drug-likeness (QED) is 0.760. The van der Waals surface area contributed by atoms with Crippen LogP contribution in [0.15, 0.2) is 41.4 Å². The van der Waals surface area contributed by atoms with E-state index in [2.05, 4.69) is 15.0 Å². The van der Waals surface area contributed by atoms with E-state index in [-0.39, 0.29) is 4.90 Å². The van der Waals surface area contributed by atoms with E-state index in [4.69, 9.17) is 4.74 Å². The smallest absolute Gasteiger partial charge is 0.262 e. The Morgan fingerprint density at radius 1 is 1.17 bits per heavy atom. The molecule has 6 nitrogen and oxygen atoms in total. The van der Waals surface area contributed by atoms with E-state index in [1.54, 1.807) is 38.3 Å². The van der Waals surface area contributed by atoms with Crippen LogP contribution in [0.1, 0.15) is 11.1 Å². The molecule has 0 spiro atoms. The summed E-state index contributed by atoms with van der Waals surface area (Å²) in [4.78, 5) is 4.44. The van der Waals surface area contributed by atoms with Gasteiger partial charge in [-0.25, -0.2) is 13.4 Å². The number of anilines is 2. The van der Waals surface area contributed by atoms with Crippen LogP contribution in [-0.2, 0) is 14.8 Å². The number of nitrogens with zero attached hydrogens (tertiary/aromatic N) is 1. The van der Waals surface area contributed by atoms with Crippen molar-refractivity contribution in [3.05, 3.63) is 47.7 Å². The van der Waals surface area contributed by atoms with Gasteiger partial charge in [0.05, 0.1) is 23.4 Å². The molecule has 2 aromatic rings. The third kappa shape index (κ3) is 4.67.